The van der Waals surface area contributed by atoms with Crippen molar-refractivity contribution in [2.45, 2.75) is 6.18 Å². The van der Waals surface area contributed by atoms with E-state index in [9.17, 15) is 18.0 Å². The van der Waals surface area contributed by atoms with E-state index in [-0.39, 0.29) is 32.2 Å². The molecule has 0 spiro atoms. The van der Waals surface area contributed by atoms with Gasteiger partial charge in [-0.3, -0.25) is 4.79 Å². The summed E-state index contributed by atoms with van der Waals surface area (Å²) in [6, 6.07) is 7.14. The molecule has 2 rings (SSSR count). The predicted octanol–water partition coefficient (Wildman–Crippen LogP) is 6.31. The summed E-state index contributed by atoms with van der Waals surface area (Å²) >= 11 is 12.7. The maximum atomic E-state index is 12.6. The highest BCUT2D eigenvalue weighted by atomic mass is 35.5. The van der Waals surface area contributed by atoms with Crippen LogP contribution in [-0.4, -0.2) is 11.4 Å². The second-order valence-electron chi connectivity index (χ2n) is 4.38. The summed E-state index contributed by atoms with van der Waals surface area (Å²) in [5, 5.41) is -0.179. The van der Waals surface area contributed by atoms with Crippen molar-refractivity contribution in [1.29, 1.82) is 0 Å². The first-order chi connectivity index (χ1) is 10.7. The van der Waals surface area contributed by atoms with Crippen LogP contribution in [0.2, 0.25) is 10.0 Å². The molecule has 0 aliphatic rings. The van der Waals surface area contributed by atoms with Gasteiger partial charge in [0.2, 0.25) is 5.12 Å². The summed E-state index contributed by atoms with van der Waals surface area (Å²) in [5.41, 5.74) is -0.621. The van der Waals surface area contributed by atoms with Gasteiger partial charge in [0.05, 0.1) is 21.2 Å². The Kier molecular flexibility index (Phi) is 5.49. The lowest BCUT2D eigenvalue weighted by atomic mass is 10.2. The molecule has 0 bridgehead atoms. The highest BCUT2D eigenvalue weighted by Gasteiger charge is 2.31. The number of ether oxygens (including phenoxy) is 1. The van der Waals surface area contributed by atoms with Crippen LogP contribution in [0.3, 0.4) is 0 Å². The molecule has 0 unspecified atom stereocenters. The molecule has 0 amide bonds. The molecule has 122 valence electrons. The second kappa shape index (κ2) is 7.03. The van der Waals surface area contributed by atoms with Gasteiger partial charge < -0.3 is 4.74 Å². The van der Waals surface area contributed by atoms with Crippen LogP contribution in [0.4, 0.5) is 13.2 Å². The molecule has 0 aliphatic heterocycles. The first-order valence-electron chi connectivity index (χ1n) is 6.15. The molecule has 0 saturated carbocycles. The maximum Gasteiger partial charge on any atom is 0.416 e. The fraction of sp³-hybridized carbons (Fsp3) is 0.133. The second-order valence-corrected chi connectivity index (χ2v) is 5.97. The van der Waals surface area contributed by atoms with E-state index in [1.165, 1.54) is 18.2 Å². The lowest BCUT2D eigenvalue weighted by Gasteiger charge is -2.12. The summed E-state index contributed by atoms with van der Waals surface area (Å²) in [4.78, 5) is 11.7. The molecule has 0 heterocycles. The molecule has 2 aromatic carbocycles. The summed E-state index contributed by atoms with van der Waals surface area (Å²) < 4.78 is 43.2. The van der Waals surface area contributed by atoms with Crippen molar-refractivity contribution >= 4 is 40.1 Å². The van der Waals surface area contributed by atoms with Gasteiger partial charge >= 0.3 is 6.18 Å². The van der Waals surface area contributed by atoms with E-state index in [2.05, 4.69) is 0 Å². The largest absolute Gasteiger partial charge is 0.456 e. The van der Waals surface area contributed by atoms with E-state index in [1.54, 1.807) is 6.26 Å². The molecule has 2 aromatic rings. The van der Waals surface area contributed by atoms with Crippen LogP contribution in [0.15, 0.2) is 36.4 Å². The van der Waals surface area contributed by atoms with E-state index in [1.807, 2.05) is 0 Å². The molecule has 0 aliphatic carbocycles. The van der Waals surface area contributed by atoms with Gasteiger partial charge in [-0.2, -0.15) is 13.2 Å². The molecule has 0 radical (unpaired) electrons. The Balaban J connectivity index is 2.31. The lowest BCUT2D eigenvalue weighted by Crippen LogP contribution is -2.04. The lowest BCUT2D eigenvalue weighted by molar-refractivity contribution is -0.137. The van der Waals surface area contributed by atoms with E-state index in [4.69, 9.17) is 27.9 Å². The minimum Gasteiger partial charge on any atom is -0.456 e. The Labute approximate surface area is 144 Å². The van der Waals surface area contributed by atoms with Crippen LogP contribution in [0.1, 0.15) is 15.9 Å². The predicted molar refractivity (Wildman–Crippen MR) is 85.8 cm³/mol. The van der Waals surface area contributed by atoms with Crippen molar-refractivity contribution in [1.82, 2.24) is 0 Å². The van der Waals surface area contributed by atoms with Crippen molar-refractivity contribution in [2.24, 2.45) is 0 Å². The van der Waals surface area contributed by atoms with Crippen molar-refractivity contribution < 1.29 is 22.7 Å². The normalized spacial score (nSPS) is 11.4. The standard InChI is InChI=1S/C15H9Cl2F3O2S/c1-23-14(21)10-7-9(3-4-11(10)16)22-13-5-2-8(6-12(13)17)15(18,19)20/h2-7H,1H3. The number of rotatable bonds is 3. The number of benzene rings is 2. The van der Waals surface area contributed by atoms with Crippen molar-refractivity contribution in [3.05, 3.63) is 57.6 Å². The molecule has 23 heavy (non-hydrogen) atoms. The zero-order valence-corrected chi connectivity index (χ0v) is 13.9. The van der Waals surface area contributed by atoms with Crippen LogP contribution in [0, 0.1) is 0 Å². The van der Waals surface area contributed by atoms with Gasteiger partial charge in [-0.25, -0.2) is 0 Å². The number of hydrogen-bond donors (Lipinski definition) is 0. The van der Waals surface area contributed by atoms with Crippen LogP contribution in [0.5, 0.6) is 11.5 Å². The third kappa shape index (κ3) is 4.34. The summed E-state index contributed by atoms with van der Waals surface area (Å²) in [6.07, 6.45) is -2.88. The van der Waals surface area contributed by atoms with Crippen LogP contribution in [0.25, 0.3) is 0 Å². The van der Waals surface area contributed by atoms with Crippen LogP contribution in [-0.2, 0) is 6.18 Å². The number of thioether (sulfide) groups is 1. The Morgan fingerprint density at radius 1 is 1.09 bits per heavy atom. The Bertz CT molecular complexity index is 748. The highest BCUT2D eigenvalue weighted by Crippen LogP contribution is 2.37. The minimum absolute atomic E-state index is 0.0459. The third-order valence-corrected chi connectivity index (χ3v) is 4.05. The Morgan fingerprint density at radius 3 is 2.35 bits per heavy atom. The SMILES string of the molecule is CSC(=O)c1cc(Oc2ccc(C(F)(F)F)cc2Cl)ccc1Cl. The Hall–Kier alpha value is -1.37. The van der Waals surface area contributed by atoms with E-state index >= 15 is 0 Å². The average molecular weight is 381 g/mol. The quantitative estimate of drug-likeness (QED) is 0.624. The molecule has 0 atom stereocenters. The summed E-state index contributed by atoms with van der Waals surface area (Å²) in [7, 11) is 0. The smallest absolute Gasteiger partial charge is 0.416 e. The number of alkyl halides is 3. The van der Waals surface area contributed by atoms with E-state index in [0.29, 0.717) is 0 Å². The monoisotopic (exact) mass is 380 g/mol. The molecular weight excluding hydrogens is 372 g/mol. The maximum absolute atomic E-state index is 12.6. The number of carbonyl (C=O) groups excluding carboxylic acids is 1. The van der Waals surface area contributed by atoms with Gasteiger partial charge in [-0.15, -0.1) is 0 Å². The Morgan fingerprint density at radius 2 is 1.78 bits per heavy atom. The third-order valence-electron chi connectivity index (χ3n) is 2.83. The molecule has 0 saturated heterocycles. The van der Waals surface area contributed by atoms with Crippen molar-refractivity contribution in [2.75, 3.05) is 6.26 Å². The number of halogens is 5. The zero-order chi connectivity index (χ0) is 17.2. The van der Waals surface area contributed by atoms with Crippen molar-refractivity contribution in [3.63, 3.8) is 0 Å². The highest BCUT2D eigenvalue weighted by molar-refractivity contribution is 8.13. The molecule has 2 nitrogen and oxygen atoms in total. The molecular formula is C15H9Cl2F3O2S. The van der Waals surface area contributed by atoms with Crippen LogP contribution >= 0.6 is 35.0 Å². The van der Waals surface area contributed by atoms with Gasteiger partial charge in [-0.1, -0.05) is 35.0 Å². The topological polar surface area (TPSA) is 26.3 Å². The fourth-order valence-corrected chi connectivity index (χ4v) is 2.59. The van der Waals surface area contributed by atoms with Gasteiger partial charge in [0.1, 0.15) is 11.5 Å². The van der Waals surface area contributed by atoms with Crippen LogP contribution < -0.4 is 4.74 Å². The first kappa shape index (κ1) is 18.0. The van der Waals surface area contributed by atoms with E-state index in [0.717, 1.165) is 30.0 Å². The fourth-order valence-electron chi connectivity index (χ4n) is 1.72. The average Bonchev–Trinajstić information content (AvgIpc) is 2.49. The van der Waals surface area contributed by atoms with Gasteiger partial charge in [0, 0.05) is 0 Å². The van der Waals surface area contributed by atoms with Gasteiger partial charge in [0.15, 0.2) is 0 Å². The van der Waals surface area contributed by atoms with E-state index < -0.39 is 11.7 Å². The molecule has 0 aromatic heterocycles. The first-order valence-corrected chi connectivity index (χ1v) is 8.13. The zero-order valence-electron chi connectivity index (χ0n) is 11.6. The number of hydrogen-bond acceptors (Lipinski definition) is 3. The molecule has 0 fully saturated rings. The minimum atomic E-state index is -4.49. The summed E-state index contributed by atoms with van der Waals surface area (Å²) in [5.74, 6) is 0.290. The van der Waals surface area contributed by atoms with Gasteiger partial charge in [-0.05, 0) is 42.7 Å². The molecule has 0 N–H and O–H groups in total. The molecule has 8 heteroatoms. The summed E-state index contributed by atoms with van der Waals surface area (Å²) in [6.45, 7) is 0. The van der Waals surface area contributed by atoms with Crippen molar-refractivity contribution in [3.8, 4) is 11.5 Å². The number of carbonyl (C=O) groups is 1. The van der Waals surface area contributed by atoms with Gasteiger partial charge in [0.25, 0.3) is 0 Å².